The molecule has 0 bridgehead atoms. The standard InChI is InChI=1S/C12H16N4/c1-8-7-13-11(9-2-3-9)6-10(8)15-12-4-5-14-16-12/h4-6,9,13H,2-3,7H2,1H3,(H2,14,15,16). The van der Waals surface area contributed by atoms with Crippen LogP contribution in [0.4, 0.5) is 5.82 Å². The lowest BCUT2D eigenvalue weighted by molar-refractivity contribution is 0.762. The van der Waals surface area contributed by atoms with E-state index < -0.39 is 0 Å². The molecule has 2 heterocycles. The maximum absolute atomic E-state index is 3.93. The van der Waals surface area contributed by atoms with Gasteiger partial charge in [-0.3, -0.25) is 5.10 Å². The molecular weight excluding hydrogens is 200 g/mol. The van der Waals surface area contributed by atoms with Crippen LogP contribution in [0.5, 0.6) is 0 Å². The van der Waals surface area contributed by atoms with Gasteiger partial charge in [-0.1, -0.05) is 0 Å². The third-order valence-corrected chi connectivity index (χ3v) is 3.10. The maximum Gasteiger partial charge on any atom is 0.125 e. The first-order valence-corrected chi connectivity index (χ1v) is 5.74. The average molecular weight is 216 g/mol. The lowest BCUT2D eigenvalue weighted by Gasteiger charge is -2.20. The van der Waals surface area contributed by atoms with Crippen molar-refractivity contribution in [2.45, 2.75) is 19.8 Å². The summed E-state index contributed by atoms with van der Waals surface area (Å²) in [6, 6.07) is 1.94. The van der Waals surface area contributed by atoms with Crippen molar-refractivity contribution < 1.29 is 0 Å². The summed E-state index contributed by atoms with van der Waals surface area (Å²) < 4.78 is 0. The molecule has 0 aromatic carbocycles. The molecular formula is C12H16N4. The largest absolute Gasteiger partial charge is 0.384 e. The quantitative estimate of drug-likeness (QED) is 0.724. The maximum atomic E-state index is 3.93. The van der Waals surface area contributed by atoms with Crippen molar-refractivity contribution in [2.24, 2.45) is 5.92 Å². The molecule has 0 unspecified atom stereocenters. The summed E-state index contributed by atoms with van der Waals surface area (Å²) in [6.07, 6.45) is 6.65. The number of dihydropyridines is 1. The van der Waals surface area contributed by atoms with Crippen LogP contribution in [-0.4, -0.2) is 16.7 Å². The van der Waals surface area contributed by atoms with E-state index in [1.807, 2.05) is 6.07 Å². The molecule has 0 amide bonds. The molecule has 4 heteroatoms. The number of H-pyrrole nitrogens is 1. The minimum Gasteiger partial charge on any atom is -0.384 e. The van der Waals surface area contributed by atoms with E-state index in [0.717, 1.165) is 18.3 Å². The van der Waals surface area contributed by atoms with Gasteiger partial charge in [0.05, 0.1) is 6.20 Å². The molecule has 3 N–H and O–H groups in total. The molecule has 1 fully saturated rings. The fourth-order valence-corrected chi connectivity index (χ4v) is 1.93. The monoisotopic (exact) mass is 216 g/mol. The Bertz CT molecular complexity index is 438. The zero-order valence-electron chi connectivity index (χ0n) is 9.38. The first kappa shape index (κ1) is 9.51. The average Bonchev–Trinajstić information content (AvgIpc) is 3.01. The molecule has 1 aromatic heterocycles. The van der Waals surface area contributed by atoms with E-state index >= 15 is 0 Å². The van der Waals surface area contributed by atoms with Crippen LogP contribution in [0, 0.1) is 5.92 Å². The van der Waals surface area contributed by atoms with Gasteiger partial charge in [-0.15, -0.1) is 0 Å². The van der Waals surface area contributed by atoms with Crippen molar-refractivity contribution in [1.29, 1.82) is 0 Å². The Hall–Kier alpha value is -1.71. The minimum absolute atomic E-state index is 0.770. The zero-order valence-corrected chi connectivity index (χ0v) is 9.38. The Kier molecular flexibility index (Phi) is 2.20. The number of hydrogen-bond acceptors (Lipinski definition) is 3. The van der Waals surface area contributed by atoms with E-state index in [1.54, 1.807) is 6.20 Å². The van der Waals surface area contributed by atoms with E-state index in [9.17, 15) is 0 Å². The van der Waals surface area contributed by atoms with Gasteiger partial charge in [-0.2, -0.15) is 5.10 Å². The minimum atomic E-state index is 0.770. The van der Waals surface area contributed by atoms with Gasteiger partial charge in [0.1, 0.15) is 5.82 Å². The molecule has 0 radical (unpaired) electrons. The highest BCUT2D eigenvalue weighted by molar-refractivity contribution is 5.48. The highest BCUT2D eigenvalue weighted by Gasteiger charge is 2.27. The van der Waals surface area contributed by atoms with E-state index in [-0.39, 0.29) is 0 Å². The Morgan fingerprint density at radius 2 is 2.31 bits per heavy atom. The van der Waals surface area contributed by atoms with Crippen molar-refractivity contribution in [3.8, 4) is 0 Å². The highest BCUT2D eigenvalue weighted by Crippen LogP contribution is 2.36. The third-order valence-electron chi connectivity index (χ3n) is 3.10. The van der Waals surface area contributed by atoms with E-state index in [4.69, 9.17) is 0 Å². The van der Waals surface area contributed by atoms with E-state index in [0.29, 0.717) is 0 Å². The summed E-state index contributed by atoms with van der Waals surface area (Å²) in [4.78, 5) is 0. The highest BCUT2D eigenvalue weighted by atomic mass is 15.2. The predicted octanol–water partition coefficient (Wildman–Crippen LogP) is 1.99. The number of aromatic amines is 1. The second-order valence-electron chi connectivity index (χ2n) is 4.52. The SMILES string of the molecule is CC1=C(Nc2ccn[nH]2)C=C(C2CC2)NC1. The number of anilines is 1. The Labute approximate surface area is 94.8 Å². The van der Waals surface area contributed by atoms with Gasteiger partial charge in [0.25, 0.3) is 0 Å². The van der Waals surface area contributed by atoms with Crippen molar-refractivity contribution in [3.63, 3.8) is 0 Å². The summed E-state index contributed by atoms with van der Waals surface area (Å²) in [5.41, 5.74) is 3.91. The topological polar surface area (TPSA) is 52.7 Å². The molecule has 1 aliphatic carbocycles. The van der Waals surface area contributed by atoms with Crippen LogP contribution >= 0.6 is 0 Å². The zero-order chi connectivity index (χ0) is 11.0. The Balaban J connectivity index is 1.81. The second-order valence-corrected chi connectivity index (χ2v) is 4.52. The van der Waals surface area contributed by atoms with Crippen LogP contribution in [0.25, 0.3) is 0 Å². The van der Waals surface area contributed by atoms with Crippen LogP contribution in [0.1, 0.15) is 19.8 Å². The van der Waals surface area contributed by atoms with Gasteiger partial charge in [0.15, 0.2) is 0 Å². The molecule has 0 atom stereocenters. The molecule has 2 aliphatic rings. The first-order chi connectivity index (χ1) is 7.83. The van der Waals surface area contributed by atoms with E-state index in [1.165, 1.54) is 29.8 Å². The number of hydrogen-bond donors (Lipinski definition) is 3. The van der Waals surface area contributed by atoms with Gasteiger partial charge >= 0.3 is 0 Å². The molecule has 0 spiro atoms. The fraction of sp³-hybridized carbons (Fsp3) is 0.417. The predicted molar refractivity (Wildman–Crippen MR) is 63.7 cm³/mol. The molecule has 1 aliphatic heterocycles. The summed E-state index contributed by atoms with van der Waals surface area (Å²) in [7, 11) is 0. The van der Waals surface area contributed by atoms with E-state index in [2.05, 4.69) is 33.8 Å². The number of nitrogens with zero attached hydrogens (tertiary/aromatic N) is 1. The molecule has 4 nitrogen and oxygen atoms in total. The third kappa shape index (κ3) is 1.83. The van der Waals surface area contributed by atoms with Gasteiger partial charge in [0.2, 0.25) is 0 Å². The fourth-order valence-electron chi connectivity index (χ4n) is 1.93. The first-order valence-electron chi connectivity index (χ1n) is 5.74. The number of allylic oxidation sites excluding steroid dienone is 2. The lowest BCUT2D eigenvalue weighted by atomic mass is 10.1. The van der Waals surface area contributed by atoms with Crippen molar-refractivity contribution in [3.05, 3.63) is 35.3 Å². The normalized spacial score (nSPS) is 20.4. The molecule has 3 rings (SSSR count). The molecule has 1 aromatic rings. The Morgan fingerprint density at radius 3 is 3.00 bits per heavy atom. The lowest BCUT2D eigenvalue weighted by Crippen LogP contribution is -2.24. The summed E-state index contributed by atoms with van der Waals surface area (Å²) in [5.74, 6) is 1.72. The van der Waals surface area contributed by atoms with Gasteiger partial charge in [-0.25, -0.2) is 0 Å². The molecule has 0 saturated heterocycles. The smallest absolute Gasteiger partial charge is 0.125 e. The number of nitrogens with one attached hydrogen (secondary N) is 3. The number of aromatic nitrogens is 2. The number of rotatable bonds is 3. The van der Waals surface area contributed by atoms with Crippen LogP contribution in [0.2, 0.25) is 0 Å². The summed E-state index contributed by atoms with van der Waals surface area (Å²) >= 11 is 0. The molecule has 84 valence electrons. The summed E-state index contributed by atoms with van der Waals surface area (Å²) in [5, 5.41) is 13.7. The van der Waals surface area contributed by atoms with Gasteiger partial charge in [0, 0.05) is 24.0 Å². The van der Waals surface area contributed by atoms with Crippen molar-refractivity contribution >= 4 is 5.82 Å². The Morgan fingerprint density at radius 1 is 1.44 bits per heavy atom. The van der Waals surface area contributed by atoms with Crippen molar-refractivity contribution in [2.75, 3.05) is 11.9 Å². The van der Waals surface area contributed by atoms with Gasteiger partial charge in [-0.05, 0) is 37.3 Å². The second kappa shape index (κ2) is 3.70. The van der Waals surface area contributed by atoms with Crippen molar-refractivity contribution in [1.82, 2.24) is 15.5 Å². The van der Waals surface area contributed by atoms with Crippen LogP contribution in [0.3, 0.4) is 0 Å². The van der Waals surface area contributed by atoms with Gasteiger partial charge < -0.3 is 10.6 Å². The summed E-state index contributed by atoms with van der Waals surface area (Å²) in [6.45, 7) is 3.09. The molecule has 1 saturated carbocycles. The van der Waals surface area contributed by atoms with Crippen LogP contribution in [-0.2, 0) is 0 Å². The van der Waals surface area contributed by atoms with Crippen LogP contribution in [0.15, 0.2) is 35.3 Å². The van der Waals surface area contributed by atoms with Crippen LogP contribution < -0.4 is 10.6 Å². The molecule has 16 heavy (non-hydrogen) atoms.